The molecule has 1 aliphatic heterocycles. The summed E-state index contributed by atoms with van der Waals surface area (Å²) in [6, 6.07) is 13.3. The number of aliphatic hydroxyl groups is 1. The van der Waals surface area contributed by atoms with Crippen LogP contribution in [0.5, 0.6) is 17.2 Å². The normalized spacial score (nSPS) is 17.0. The van der Waals surface area contributed by atoms with E-state index in [0.29, 0.717) is 16.9 Å². The van der Waals surface area contributed by atoms with E-state index in [4.69, 9.17) is 21.1 Å². The molecule has 3 aromatic carbocycles. The second-order valence-corrected chi connectivity index (χ2v) is 8.24. The van der Waals surface area contributed by atoms with Crippen molar-refractivity contribution in [3.63, 3.8) is 0 Å². The maximum atomic E-state index is 13.4. The molecule has 2 N–H and O–H groups in total. The van der Waals surface area contributed by atoms with E-state index >= 15 is 0 Å². The number of aliphatic hydroxyl groups excluding tert-OH is 1. The minimum Gasteiger partial charge on any atom is -0.508 e. The molecule has 1 amide bonds. The van der Waals surface area contributed by atoms with E-state index in [1.54, 1.807) is 12.1 Å². The summed E-state index contributed by atoms with van der Waals surface area (Å²) < 4.78 is 24.0. The molecule has 0 saturated carbocycles. The van der Waals surface area contributed by atoms with E-state index in [1.807, 2.05) is 0 Å². The van der Waals surface area contributed by atoms with Gasteiger partial charge in [-0.1, -0.05) is 35.9 Å². The molecule has 0 aromatic heterocycles. The van der Waals surface area contributed by atoms with Gasteiger partial charge in [0.05, 0.1) is 36.4 Å². The average molecular weight is 498 g/mol. The number of carbonyl (C=O) groups is 2. The highest BCUT2D eigenvalue weighted by Gasteiger charge is 2.46. The van der Waals surface area contributed by atoms with Gasteiger partial charge in [0.15, 0.2) is 0 Å². The predicted octanol–water partition coefficient (Wildman–Crippen LogP) is 4.82. The van der Waals surface area contributed by atoms with Gasteiger partial charge in [0.1, 0.15) is 28.8 Å². The third-order valence-electron chi connectivity index (χ3n) is 5.74. The number of phenolic OH excluding ortho intramolecular Hbond substituents is 1. The third kappa shape index (κ3) is 4.52. The van der Waals surface area contributed by atoms with E-state index in [2.05, 4.69) is 0 Å². The van der Waals surface area contributed by atoms with Gasteiger partial charge in [-0.3, -0.25) is 9.59 Å². The van der Waals surface area contributed by atoms with Crippen molar-refractivity contribution in [3.05, 3.63) is 93.8 Å². The summed E-state index contributed by atoms with van der Waals surface area (Å²) in [4.78, 5) is 27.6. The lowest BCUT2D eigenvalue weighted by molar-refractivity contribution is -0.140. The van der Waals surface area contributed by atoms with Crippen molar-refractivity contribution in [2.24, 2.45) is 0 Å². The highest BCUT2D eigenvalue weighted by atomic mass is 35.5. The van der Waals surface area contributed by atoms with Crippen LogP contribution in [-0.4, -0.2) is 41.0 Å². The summed E-state index contributed by atoms with van der Waals surface area (Å²) in [5, 5.41) is 21.2. The first-order valence-corrected chi connectivity index (χ1v) is 10.9. The highest BCUT2D eigenvalue weighted by molar-refractivity contribution is 6.46. The summed E-state index contributed by atoms with van der Waals surface area (Å²) in [6.07, 6.45) is 0. The number of ketones is 1. The first-order valence-electron chi connectivity index (χ1n) is 10.5. The molecule has 180 valence electrons. The zero-order valence-corrected chi connectivity index (χ0v) is 19.5. The number of halogens is 2. The van der Waals surface area contributed by atoms with Crippen LogP contribution in [0.25, 0.3) is 5.76 Å². The Morgan fingerprint density at radius 2 is 1.63 bits per heavy atom. The molecule has 35 heavy (non-hydrogen) atoms. The lowest BCUT2D eigenvalue weighted by atomic mass is 9.94. The van der Waals surface area contributed by atoms with E-state index in [9.17, 15) is 24.2 Å². The Morgan fingerprint density at radius 3 is 2.23 bits per heavy atom. The Hall–Kier alpha value is -4.04. The number of hydrogen-bond acceptors (Lipinski definition) is 6. The van der Waals surface area contributed by atoms with Crippen molar-refractivity contribution >= 4 is 29.1 Å². The van der Waals surface area contributed by atoms with Gasteiger partial charge in [-0.05, 0) is 41.5 Å². The Labute approximate surface area is 205 Å². The van der Waals surface area contributed by atoms with Crippen LogP contribution in [0.4, 0.5) is 4.39 Å². The maximum absolute atomic E-state index is 13.4. The number of carbonyl (C=O) groups excluding carboxylic acids is 2. The molecule has 0 spiro atoms. The van der Waals surface area contributed by atoms with Crippen molar-refractivity contribution in [3.8, 4) is 17.2 Å². The highest BCUT2D eigenvalue weighted by Crippen LogP contribution is 2.43. The van der Waals surface area contributed by atoms with Gasteiger partial charge < -0.3 is 24.6 Å². The molecule has 1 aliphatic rings. The lowest BCUT2D eigenvalue weighted by Crippen LogP contribution is -2.29. The zero-order chi connectivity index (χ0) is 25.3. The fraction of sp³-hybridized carbons (Fsp3) is 0.154. The average Bonchev–Trinajstić information content (AvgIpc) is 3.10. The SMILES string of the molecule is COc1cc(OC)c(/C(O)=C2\C(=O)C(=O)N(Cc3ccc(F)cc3)C2c2ccc(O)cc2)cc1Cl. The molecule has 7 nitrogen and oxygen atoms in total. The number of hydrogen-bond donors (Lipinski definition) is 2. The minimum atomic E-state index is -0.994. The zero-order valence-electron chi connectivity index (χ0n) is 18.8. The molecule has 9 heteroatoms. The molecular formula is C26H21ClFNO6. The number of rotatable bonds is 6. The first kappa shape index (κ1) is 24.1. The predicted molar refractivity (Wildman–Crippen MR) is 127 cm³/mol. The van der Waals surface area contributed by atoms with E-state index in [1.165, 1.54) is 67.7 Å². The van der Waals surface area contributed by atoms with Crippen LogP contribution in [0, 0.1) is 5.82 Å². The van der Waals surface area contributed by atoms with Crippen LogP contribution < -0.4 is 9.47 Å². The number of likely N-dealkylation sites (tertiary alicyclic amines) is 1. The van der Waals surface area contributed by atoms with Crippen LogP contribution in [0.15, 0.2) is 66.2 Å². The molecule has 1 heterocycles. The molecule has 1 atom stereocenters. The Balaban J connectivity index is 1.90. The van der Waals surface area contributed by atoms with Crippen LogP contribution >= 0.6 is 11.6 Å². The number of ether oxygens (including phenoxy) is 2. The van der Waals surface area contributed by atoms with Crippen molar-refractivity contribution in [2.45, 2.75) is 12.6 Å². The summed E-state index contributed by atoms with van der Waals surface area (Å²) in [6.45, 7) is -0.0202. The number of nitrogens with zero attached hydrogens (tertiary/aromatic N) is 1. The fourth-order valence-electron chi connectivity index (χ4n) is 4.02. The number of aromatic hydroxyl groups is 1. The molecule has 1 fully saturated rings. The summed E-state index contributed by atoms with van der Waals surface area (Å²) in [7, 11) is 2.80. The van der Waals surface area contributed by atoms with E-state index in [-0.39, 0.29) is 34.2 Å². The van der Waals surface area contributed by atoms with Crippen LogP contribution in [-0.2, 0) is 16.1 Å². The summed E-state index contributed by atoms with van der Waals surface area (Å²) in [5.41, 5.74) is 0.982. The lowest BCUT2D eigenvalue weighted by Gasteiger charge is -2.25. The van der Waals surface area contributed by atoms with Crippen LogP contribution in [0.3, 0.4) is 0 Å². The quantitative estimate of drug-likeness (QED) is 0.288. The van der Waals surface area contributed by atoms with Crippen LogP contribution in [0.2, 0.25) is 5.02 Å². The molecule has 0 bridgehead atoms. The van der Waals surface area contributed by atoms with Crippen molar-refractivity contribution in [1.29, 1.82) is 0 Å². The monoisotopic (exact) mass is 497 g/mol. The molecule has 3 aromatic rings. The molecular weight excluding hydrogens is 477 g/mol. The van der Waals surface area contributed by atoms with Gasteiger partial charge >= 0.3 is 0 Å². The molecule has 0 radical (unpaired) electrons. The molecule has 1 unspecified atom stereocenters. The Bertz CT molecular complexity index is 1320. The Morgan fingerprint density at radius 1 is 1.00 bits per heavy atom. The molecule has 1 saturated heterocycles. The van der Waals surface area contributed by atoms with Gasteiger partial charge in [-0.15, -0.1) is 0 Å². The maximum Gasteiger partial charge on any atom is 0.295 e. The van der Waals surface area contributed by atoms with E-state index < -0.39 is 29.3 Å². The number of methoxy groups -OCH3 is 2. The number of phenols is 1. The van der Waals surface area contributed by atoms with Crippen molar-refractivity contribution in [1.82, 2.24) is 4.90 Å². The standard InChI is InChI=1S/C26H21ClFNO6/c1-34-20-12-21(35-2)19(27)11-18(20)24(31)22-23(15-5-9-17(30)10-6-15)29(26(33)25(22)32)13-14-3-7-16(28)8-4-14/h3-12,23,30-31H,13H2,1-2H3/b24-22+. The van der Waals surface area contributed by atoms with Gasteiger partial charge in [0, 0.05) is 12.6 Å². The fourth-order valence-corrected chi connectivity index (χ4v) is 4.26. The Kier molecular flexibility index (Phi) is 6.66. The van der Waals surface area contributed by atoms with Gasteiger partial charge in [0.2, 0.25) is 0 Å². The first-order chi connectivity index (χ1) is 16.7. The number of Topliss-reactive ketones (excluding diaryl/α,β-unsaturated/α-hetero) is 1. The summed E-state index contributed by atoms with van der Waals surface area (Å²) in [5.74, 6) is -2.19. The third-order valence-corrected chi connectivity index (χ3v) is 6.04. The van der Waals surface area contributed by atoms with Gasteiger partial charge in [-0.25, -0.2) is 4.39 Å². The topological polar surface area (TPSA) is 96.3 Å². The van der Waals surface area contributed by atoms with Crippen molar-refractivity contribution in [2.75, 3.05) is 14.2 Å². The number of benzene rings is 3. The minimum absolute atomic E-state index is 0.00663. The van der Waals surface area contributed by atoms with E-state index in [0.717, 1.165) is 0 Å². The second-order valence-electron chi connectivity index (χ2n) is 7.83. The second kappa shape index (κ2) is 9.68. The smallest absolute Gasteiger partial charge is 0.295 e. The van der Waals surface area contributed by atoms with Crippen LogP contribution in [0.1, 0.15) is 22.7 Å². The van der Waals surface area contributed by atoms with Gasteiger partial charge in [-0.2, -0.15) is 0 Å². The summed E-state index contributed by atoms with van der Waals surface area (Å²) >= 11 is 6.26. The number of amides is 1. The van der Waals surface area contributed by atoms with Crippen molar-refractivity contribution < 1.29 is 33.7 Å². The van der Waals surface area contributed by atoms with Gasteiger partial charge in [0.25, 0.3) is 11.7 Å². The molecule has 0 aliphatic carbocycles. The largest absolute Gasteiger partial charge is 0.508 e. The molecule has 4 rings (SSSR count).